The van der Waals surface area contributed by atoms with Gasteiger partial charge in [-0.3, -0.25) is 0 Å². The minimum absolute atomic E-state index is 0.617. The van der Waals surface area contributed by atoms with E-state index in [-0.39, 0.29) is 0 Å². The van der Waals surface area contributed by atoms with Gasteiger partial charge in [0.05, 0.1) is 6.61 Å². The van der Waals surface area contributed by atoms with Crippen molar-refractivity contribution >= 4 is 0 Å². The first-order valence-corrected chi connectivity index (χ1v) is 8.36. The number of benzene rings is 1. The normalized spacial score (nSPS) is 10.8. The minimum atomic E-state index is 0.617. The average Bonchev–Trinajstić information content (AvgIpc) is 2.51. The molecule has 0 saturated carbocycles. The van der Waals surface area contributed by atoms with E-state index in [1.807, 2.05) is 12.1 Å². The fourth-order valence-electron chi connectivity index (χ4n) is 2.22. The molecule has 0 aliphatic heterocycles. The molecule has 0 aliphatic rings. The molecule has 1 aromatic carbocycles. The van der Waals surface area contributed by atoms with Crippen molar-refractivity contribution in [2.24, 2.45) is 5.73 Å². The van der Waals surface area contributed by atoms with Crippen LogP contribution in [0.15, 0.2) is 24.3 Å². The van der Waals surface area contributed by atoms with E-state index in [1.165, 1.54) is 37.7 Å². The van der Waals surface area contributed by atoms with Gasteiger partial charge in [0.15, 0.2) is 0 Å². The summed E-state index contributed by atoms with van der Waals surface area (Å²) in [6, 6.07) is 8.14. The van der Waals surface area contributed by atoms with E-state index >= 15 is 0 Å². The van der Waals surface area contributed by atoms with Gasteiger partial charge in [-0.05, 0) is 37.1 Å². The van der Waals surface area contributed by atoms with Crippen LogP contribution in [0.3, 0.4) is 0 Å². The quantitative estimate of drug-likeness (QED) is 0.560. The molecule has 0 bridgehead atoms. The standard InChI is InChI=1S/C18H31NO2/c1-2-3-4-5-6-7-14-20-15-16-21-18-10-8-17(9-11-18)12-13-19/h8-11H,2-7,12-16,19H2,1H3. The molecule has 0 aliphatic carbocycles. The molecule has 0 fully saturated rings. The predicted octanol–water partition coefficient (Wildman–Crippen LogP) is 3.94. The summed E-state index contributed by atoms with van der Waals surface area (Å²) < 4.78 is 11.2. The minimum Gasteiger partial charge on any atom is -0.491 e. The van der Waals surface area contributed by atoms with E-state index < -0.39 is 0 Å². The first kappa shape index (κ1) is 18.0. The van der Waals surface area contributed by atoms with E-state index in [1.54, 1.807) is 0 Å². The van der Waals surface area contributed by atoms with Crippen LogP contribution in [0.1, 0.15) is 51.0 Å². The SMILES string of the molecule is CCCCCCCCOCCOc1ccc(CCN)cc1. The molecule has 0 amide bonds. The van der Waals surface area contributed by atoms with Gasteiger partial charge in [0.2, 0.25) is 0 Å². The van der Waals surface area contributed by atoms with Crippen LogP contribution < -0.4 is 10.5 Å². The van der Waals surface area contributed by atoms with E-state index in [4.69, 9.17) is 15.2 Å². The monoisotopic (exact) mass is 293 g/mol. The highest BCUT2D eigenvalue weighted by atomic mass is 16.5. The molecule has 3 heteroatoms. The summed E-state index contributed by atoms with van der Waals surface area (Å²) in [7, 11) is 0. The van der Waals surface area contributed by atoms with Gasteiger partial charge < -0.3 is 15.2 Å². The summed E-state index contributed by atoms with van der Waals surface area (Å²) in [4.78, 5) is 0. The highest BCUT2D eigenvalue weighted by molar-refractivity contribution is 5.27. The van der Waals surface area contributed by atoms with Gasteiger partial charge >= 0.3 is 0 Å². The molecule has 2 N–H and O–H groups in total. The molecule has 21 heavy (non-hydrogen) atoms. The van der Waals surface area contributed by atoms with E-state index in [0.717, 1.165) is 25.2 Å². The van der Waals surface area contributed by atoms with Crippen LogP contribution in [-0.4, -0.2) is 26.4 Å². The van der Waals surface area contributed by atoms with E-state index in [2.05, 4.69) is 19.1 Å². The molecule has 3 nitrogen and oxygen atoms in total. The maximum absolute atomic E-state index is 5.64. The van der Waals surface area contributed by atoms with Crippen molar-refractivity contribution in [3.8, 4) is 5.75 Å². The number of hydrogen-bond acceptors (Lipinski definition) is 3. The van der Waals surface area contributed by atoms with Crippen LogP contribution in [0.4, 0.5) is 0 Å². The molecule has 0 saturated heterocycles. The summed E-state index contributed by atoms with van der Waals surface area (Å²) in [5.41, 5.74) is 6.78. The zero-order valence-corrected chi connectivity index (χ0v) is 13.5. The second-order valence-corrected chi connectivity index (χ2v) is 5.41. The van der Waals surface area contributed by atoms with Gasteiger partial charge in [-0.2, -0.15) is 0 Å². The second kappa shape index (κ2) is 12.7. The molecule has 0 atom stereocenters. The summed E-state index contributed by atoms with van der Waals surface area (Å²) in [6.45, 7) is 5.07. The van der Waals surface area contributed by atoms with Crippen LogP contribution in [0, 0.1) is 0 Å². The Morgan fingerprint density at radius 3 is 2.29 bits per heavy atom. The van der Waals surface area contributed by atoms with Crippen molar-refractivity contribution in [1.82, 2.24) is 0 Å². The zero-order chi connectivity index (χ0) is 15.2. The molecular formula is C18H31NO2. The van der Waals surface area contributed by atoms with Crippen LogP contribution in [0.2, 0.25) is 0 Å². The summed E-state index contributed by atoms with van der Waals surface area (Å²) in [6.07, 6.45) is 8.73. The number of hydrogen-bond donors (Lipinski definition) is 1. The molecule has 120 valence electrons. The Bertz CT molecular complexity index is 338. The maximum Gasteiger partial charge on any atom is 0.119 e. The largest absolute Gasteiger partial charge is 0.491 e. The molecule has 1 aromatic rings. The number of nitrogens with two attached hydrogens (primary N) is 1. The molecule has 0 unspecified atom stereocenters. The Morgan fingerprint density at radius 2 is 1.57 bits per heavy atom. The lowest BCUT2D eigenvalue weighted by Gasteiger charge is -2.08. The van der Waals surface area contributed by atoms with Crippen molar-refractivity contribution in [1.29, 1.82) is 0 Å². The third-order valence-corrected chi connectivity index (χ3v) is 3.49. The Balaban J connectivity index is 1.94. The fraction of sp³-hybridized carbons (Fsp3) is 0.667. The highest BCUT2D eigenvalue weighted by Gasteiger charge is 1.96. The number of rotatable bonds is 13. The maximum atomic E-state index is 5.64. The van der Waals surface area contributed by atoms with Gasteiger partial charge in [-0.1, -0.05) is 51.2 Å². The third-order valence-electron chi connectivity index (χ3n) is 3.49. The van der Waals surface area contributed by atoms with Crippen molar-refractivity contribution < 1.29 is 9.47 Å². The first-order valence-electron chi connectivity index (χ1n) is 8.36. The summed E-state index contributed by atoms with van der Waals surface area (Å²) in [5.74, 6) is 0.902. The lowest BCUT2D eigenvalue weighted by Crippen LogP contribution is -2.07. The van der Waals surface area contributed by atoms with Crippen molar-refractivity contribution in [3.05, 3.63) is 29.8 Å². The lowest BCUT2D eigenvalue weighted by atomic mass is 10.1. The Labute approximate surface area is 129 Å². The van der Waals surface area contributed by atoms with Gasteiger partial charge in [-0.15, -0.1) is 0 Å². The van der Waals surface area contributed by atoms with Gasteiger partial charge in [-0.25, -0.2) is 0 Å². The van der Waals surface area contributed by atoms with E-state index in [9.17, 15) is 0 Å². The van der Waals surface area contributed by atoms with Crippen molar-refractivity contribution in [2.75, 3.05) is 26.4 Å². The molecule has 0 spiro atoms. The Morgan fingerprint density at radius 1 is 0.857 bits per heavy atom. The number of unbranched alkanes of at least 4 members (excludes halogenated alkanes) is 5. The van der Waals surface area contributed by atoms with Crippen LogP contribution in [0.25, 0.3) is 0 Å². The molecular weight excluding hydrogens is 262 g/mol. The van der Waals surface area contributed by atoms with Gasteiger partial charge in [0, 0.05) is 6.61 Å². The van der Waals surface area contributed by atoms with Crippen LogP contribution in [0.5, 0.6) is 5.75 Å². The zero-order valence-electron chi connectivity index (χ0n) is 13.5. The fourth-order valence-corrected chi connectivity index (χ4v) is 2.22. The predicted molar refractivity (Wildman–Crippen MR) is 88.9 cm³/mol. The van der Waals surface area contributed by atoms with Crippen LogP contribution in [-0.2, 0) is 11.2 Å². The molecule has 0 aromatic heterocycles. The Hall–Kier alpha value is -1.06. The number of ether oxygens (including phenoxy) is 2. The Kier molecular flexibility index (Phi) is 10.8. The highest BCUT2D eigenvalue weighted by Crippen LogP contribution is 2.12. The third kappa shape index (κ3) is 9.48. The molecule has 0 radical (unpaired) electrons. The molecule has 0 heterocycles. The first-order chi connectivity index (χ1) is 10.4. The van der Waals surface area contributed by atoms with Gasteiger partial charge in [0.1, 0.15) is 12.4 Å². The second-order valence-electron chi connectivity index (χ2n) is 5.41. The lowest BCUT2D eigenvalue weighted by molar-refractivity contribution is 0.0970. The molecule has 1 rings (SSSR count). The average molecular weight is 293 g/mol. The van der Waals surface area contributed by atoms with Crippen LogP contribution >= 0.6 is 0 Å². The smallest absolute Gasteiger partial charge is 0.119 e. The van der Waals surface area contributed by atoms with Crippen molar-refractivity contribution in [3.63, 3.8) is 0 Å². The van der Waals surface area contributed by atoms with Crippen molar-refractivity contribution in [2.45, 2.75) is 51.9 Å². The summed E-state index contributed by atoms with van der Waals surface area (Å²) >= 11 is 0. The topological polar surface area (TPSA) is 44.5 Å². The summed E-state index contributed by atoms with van der Waals surface area (Å²) in [5, 5.41) is 0. The van der Waals surface area contributed by atoms with Gasteiger partial charge in [0.25, 0.3) is 0 Å². The van der Waals surface area contributed by atoms with E-state index in [0.29, 0.717) is 19.8 Å².